The monoisotopic (exact) mass is 184 g/mol. The molecule has 1 aliphatic heterocycles. The first kappa shape index (κ1) is 9.16. The minimum Gasteiger partial charge on any atom is -0.348 e. The summed E-state index contributed by atoms with van der Waals surface area (Å²) < 4.78 is 11.2. The molecule has 0 aromatic heterocycles. The summed E-state index contributed by atoms with van der Waals surface area (Å²) in [6, 6.07) is 0. The van der Waals surface area contributed by atoms with Crippen molar-refractivity contribution in [3.63, 3.8) is 0 Å². The Kier molecular flexibility index (Phi) is 2.16. The Labute approximate surface area is 78.4 Å². The third-order valence-corrected chi connectivity index (χ3v) is 3.25. The van der Waals surface area contributed by atoms with E-state index in [0.717, 1.165) is 32.0 Å². The highest BCUT2D eigenvalue weighted by Gasteiger charge is 2.44. The maximum absolute atomic E-state index is 10.8. The molecule has 0 unspecified atom stereocenters. The second-order valence-corrected chi connectivity index (χ2v) is 4.38. The zero-order valence-electron chi connectivity index (χ0n) is 8.04. The molecular formula is C10H16O3. The third kappa shape index (κ3) is 1.63. The Morgan fingerprint density at radius 3 is 2.08 bits per heavy atom. The van der Waals surface area contributed by atoms with Crippen LogP contribution in [0.25, 0.3) is 0 Å². The Balaban J connectivity index is 1.99. The van der Waals surface area contributed by atoms with E-state index in [4.69, 9.17) is 9.47 Å². The fourth-order valence-electron chi connectivity index (χ4n) is 2.11. The van der Waals surface area contributed by atoms with Gasteiger partial charge in [0.05, 0.1) is 13.2 Å². The van der Waals surface area contributed by atoms with E-state index in [2.05, 4.69) is 0 Å². The van der Waals surface area contributed by atoms with Gasteiger partial charge in [0.1, 0.15) is 6.29 Å². The van der Waals surface area contributed by atoms with Crippen LogP contribution in [0.1, 0.15) is 32.6 Å². The second kappa shape index (κ2) is 3.07. The molecule has 0 N–H and O–H groups in total. The Morgan fingerprint density at radius 2 is 1.62 bits per heavy atom. The van der Waals surface area contributed by atoms with E-state index in [9.17, 15) is 4.79 Å². The summed E-state index contributed by atoms with van der Waals surface area (Å²) in [7, 11) is 0. The van der Waals surface area contributed by atoms with Crippen molar-refractivity contribution in [1.29, 1.82) is 0 Å². The maximum Gasteiger partial charge on any atom is 0.168 e. The lowest BCUT2D eigenvalue weighted by Crippen LogP contribution is -2.39. The normalized spacial score (nSPS) is 30.5. The van der Waals surface area contributed by atoms with Crippen molar-refractivity contribution in [2.24, 2.45) is 5.41 Å². The summed E-state index contributed by atoms with van der Waals surface area (Å²) in [5, 5.41) is 0. The summed E-state index contributed by atoms with van der Waals surface area (Å²) in [4.78, 5) is 10.8. The van der Waals surface area contributed by atoms with E-state index >= 15 is 0 Å². The molecule has 2 rings (SSSR count). The van der Waals surface area contributed by atoms with Crippen LogP contribution in [0.3, 0.4) is 0 Å². The zero-order valence-corrected chi connectivity index (χ0v) is 8.04. The molecule has 2 fully saturated rings. The van der Waals surface area contributed by atoms with Gasteiger partial charge >= 0.3 is 0 Å². The standard InChI is InChI=1S/C10H16O3/c1-9(8-11)2-4-10(5-3-9)12-6-7-13-10/h8H,2-7H2,1H3. The molecule has 0 bridgehead atoms. The molecule has 0 aromatic rings. The van der Waals surface area contributed by atoms with Crippen molar-refractivity contribution in [3.8, 4) is 0 Å². The number of aldehydes is 1. The first-order valence-electron chi connectivity index (χ1n) is 4.92. The minimum absolute atomic E-state index is 0.138. The Hall–Kier alpha value is -0.410. The number of rotatable bonds is 1. The van der Waals surface area contributed by atoms with E-state index in [-0.39, 0.29) is 11.2 Å². The van der Waals surface area contributed by atoms with E-state index in [1.54, 1.807) is 0 Å². The first-order valence-corrected chi connectivity index (χ1v) is 4.92. The van der Waals surface area contributed by atoms with Gasteiger partial charge in [-0.05, 0) is 12.8 Å². The van der Waals surface area contributed by atoms with Crippen molar-refractivity contribution in [3.05, 3.63) is 0 Å². The van der Waals surface area contributed by atoms with E-state index < -0.39 is 0 Å². The average Bonchev–Trinajstić information content (AvgIpc) is 2.61. The Bertz CT molecular complexity index is 196. The summed E-state index contributed by atoms with van der Waals surface area (Å²) in [5.41, 5.74) is -0.138. The van der Waals surface area contributed by atoms with Crippen molar-refractivity contribution in [1.82, 2.24) is 0 Å². The van der Waals surface area contributed by atoms with Crippen molar-refractivity contribution in [2.45, 2.75) is 38.4 Å². The molecule has 2 aliphatic rings. The largest absolute Gasteiger partial charge is 0.348 e. The quantitative estimate of drug-likeness (QED) is 0.579. The first-order chi connectivity index (χ1) is 6.18. The van der Waals surface area contributed by atoms with Crippen LogP contribution in [0.4, 0.5) is 0 Å². The van der Waals surface area contributed by atoms with Gasteiger partial charge in [0, 0.05) is 18.3 Å². The van der Waals surface area contributed by atoms with E-state index in [0.29, 0.717) is 13.2 Å². The van der Waals surface area contributed by atoms with Crippen molar-refractivity contribution >= 4 is 6.29 Å². The molecule has 13 heavy (non-hydrogen) atoms. The molecule has 0 aromatic carbocycles. The molecule has 74 valence electrons. The lowest BCUT2D eigenvalue weighted by molar-refractivity contribution is -0.189. The summed E-state index contributed by atoms with van der Waals surface area (Å²) in [5.74, 6) is -0.331. The highest BCUT2D eigenvalue weighted by Crippen LogP contribution is 2.43. The third-order valence-electron chi connectivity index (χ3n) is 3.25. The molecule has 1 spiro atoms. The molecule has 1 saturated carbocycles. The van der Waals surface area contributed by atoms with Gasteiger partial charge < -0.3 is 14.3 Å². The predicted octanol–water partition coefficient (Wildman–Crippen LogP) is 1.51. The fraction of sp³-hybridized carbons (Fsp3) is 0.900. The van der Waals surface area contributed by atoms with Crippen LogP contribution in [0, 0.1) is 5.41 Å². The average molecular weight is 184 g/mol. The van der Waals surface area contributed by atoms with Crippen LogP contribution in [0.15, 0.2) is 0 Å². The summed E-state index contributed by atoms with van der Waals surface area (Å²) >= 11 is 0. The molecule has 0 radical (unpaired) electrons. The molecule has 0 atom stereocenters. The van der Waals surface area contributed by atoms with Gasteiger partial charge in [-0.3, -0.25) is 0 Å². The van der Waals surface area contributed by atoms with Gasteiger partial charge in [-0.15, -0.1) is 0 Å². The zero-order chi connectivity index (χ0) is 9.36. The highest BCUT2D eigenvalue weighted by atomic mass is 16.7. The van der Waals surface area contributed by atoms with Crippen LogP contribution in [-0.2, 0) is 14.3 Å². The molecule has 1 heterocycles. The van der Waals surface area contributed by atoms with Crippen LogP contribution in [0.5, 0.6) is 0 Å². The second-order valence-electron chi connectivity index (χ2n) is 4.38. The van der Waals surface area contributed by atoms with Gasteiger partial charge in [0.2, 0.25) is 0 Å². The number of hydrogen-bond donors (Lipinski definition) is 0. The Morgan fingerprint density at radius 1 is 1.08 bits per heavy atom. The van der Waals surface area contributed by atoms with E-state index in [1.165, 1.54) is 0 Å². The predicted molar refractivity (Wildman–Crippen MR) is 47.3 cm³/mol. The summed E-state index contributed by atoms with van der Waals surface area (Å²) in [6.45, 7) is 3.43. The highest BCUT2D eigenvalue weighted by molar-refractivity contribution is 5.58. The smallest absolute Gasteiger partial charge is 0.168 e. The van der Waals surface area contributed by atoms with Gasteiger partial charge in [0.15, 0.2) is 5.79 Å². The number of carbonyl (C=O) groups excluding carboxylic acids is 1. The maximum atomic E-state index is 10.8. The SMILES string of the molecule is CC1(C=O)CCC2(CC1)OCCO2. The summed E-state index contributed by atoms with van der Waals surface area (Å²) in [6.07, 6.45) is 4.58. The number of ether oxygens (including phenoxy) is 2. The molecule has 0 amide bonds. The molecule has 3 nitrogen and oxygen atoms in total. The van der Waals surface area contributed by atoms with Crippen molar-refractivity contribution in [2.75, 3.05) is 13.2 Å². The van der Waals surface area contributed by atoms with Gasteiger partial charge in [-0.1, -0.05) is 6.92 Å². The fourth-order valence-corrected chi connectivity index (χ4v) is 2.11. The van der Waals surface area contributed by atoms with Crippen LogP contribution in [-0.4, -0.2) is 25.3 Å². The minimum atomic E-state index is -0.331. The number of carbonyl (C=O) groups is 1. The van der Waals surface area contributed by atoms with Crippen LogP contribution in [0.2, 0.25) is 0 Å². The topological polar surface area (TPSA) is 35.5 Å². The van der Waals surface area contributed by atoms with Gasteiger partial charge in [-0.25, -0.2) is 0 Å². The molecular weight excluding hydrogens is 168 g/mol. The lowest BCUT2D eigenvalue weighted by Gasteiger charge is -2.38. The van der Waals surface area contributed by atoms with Crippen LogP contribution < -0.4 is 0 Å². The van der Waals surface area contributed by atoms with Gasteiger partial charge in [0.25, 0.3) is 0 Å². The molecule has 1 saturated heterocycles. The number of hydrogen-bond acceptors (Lipinski definition) is 3. The molecule has 3 heteroatoms. The van der Waals surface area contributed by atoms with E-state index in [1.807, 2.05) is 6.92 Å². The molecule has 1 aliphatic carbocycles. The van der Waals surface area contributed by atoms with Crippen molar-refractivity contribution < 1.29 is 14.3 Å². The van der Waals surface area contributed by atoms with Gasteiger partial charge in [-0.2, -0.15) is 0 Å². The lowest BCUT2D eigenvalue weighted by atomic mass is 9.74. The van der Waals surface area contributed by atoms with Crippen LogP contribution >= 0.6 is 0 Å².